The quantitative estimate of drug-likeness (QED) is 0.708. The lowest BCUT2D eigenvalue weighted by Gasteiger charge is -2.23. The number of nitrogens with one attached hydrogen (secondary N) is 1. The van der Waals surface area contributed by atoms with E-state index >= 15 is 0 Å². The summed E-state index contributed by atoms with van der Waals surface area (Å²) in [5.41, 5.74) is 4.38. The minimum Gasteiger partial charge on any atom is -0.492 e. The average Bonchev–Trinajstić information content (AvgIpc) is 2.83. The standard InChI is InChI=1S/C26H34N2O2.H2/c1-4-20(5-2)26(29)28(3)22-15-13-21(14-16-22)23-10-8-9-17-27-18-19-30-25-12-7-6-11-24(23)25;/h6-7,10-16,20,27H,4-5,8-9,17-19H2,1-3H3;1H/b23-10-;. The third-order valence-corrected chi connectivity index (χ3v) is 5.85. The van der Waals surface area contributed by atoms with Gasteiger partial charge < -0.3 is 15.0 Å². The lowest BCUT2D eigenvalue weighted by atomic mass is 9.95. The fourth-order valence-corrected chi connectivity index (χ4v) is 3.93. The Kier molecular flexibility index (Phi) is 8.09. The number of para-hydroxylation sites is 1. The Hall–Kier alpha value is -2.59. The Morgan fingerprint density at radius 1 is 1.10 bits per heavy atom. The van der Waals surface area contributed by atoms with Gasteiger partial charge in [-0.15, -0.1) is 0 Å². The van der Waals surface area contributed by atoms with Crippen molar-refractivity contribution in [2.24, 2.45) is 5.92 Å². The van der Waals surface area contributed by atoms with Gasteiger partial charge >= 0.3 is 0 Å². The van der Waals surface area contributed by atoms with E-state index in [0.717, 1.165) is 61.3 Å². The summed E-state index contributed by atoms with van der Waals surface area (Å²) in [5, 5.41) is 3.43. The monoisotopic (exact) mass is 408 g/mol. The van der Waals surface area contributed by atoms with E-state index in [1.807, 2.05) is 31.3 Å². The van der Waals surface area contributed by atoms with Crippen molar-refractivity contribution in [3.63, 3.8) is 0 Å². The molecular weight excluding hydrogens is 372 g/mol. The first-order valence-electron chi connectivity index (χ1n) is 11.2. The first-order chi connectivity index (χ1) is 14.7. The smallest absolute Gasteiger partial charge is 0.229 e. The second-order valence-electron chi connectivity index (χ2n) is 7.81. The molecule has 0 aromatic heterocycles. The van der Waals surface area contributed by atoms with Crippen LogP contribution >= 0.6 is 0 Å². The zero-order valence-corrected chi connectivity index (χ0v) is 18.5. The molecule has 0 saturated carbocycles. The third-order valence-electron chi connectivity index (χ3n) is 5.85. The Morgan fingerprint density at radius 2 is 1.83 bits per heavy atom. The molecule has 30 heavy (non-hydrogen) atoms. The summed E-state index contributed by atoms with van der Waals surface area (Å²) in [6, 6.07) is 16.6. The van der Waals surface area contributed by atoms with Gasteiger partial charge in [-0.3, -0.25) is 4.79 Å². The molecule has 0 aliphatic carbocycles. The number of ether oxygens (including phenoxy) is 1. The average molecular weight is 409 g/mol. The van der Waals surface area contributed by atoms with Crippen molar-refractivity contribution in [2.45, 2.75) is 39.5 Å². The van der Waals surface area contributed by atoms with Gasteiger partial charge in [-0.05, 0) is 61.6 Å². The van der Waals surface area contributed by atoms with Gasteiger partial charge in [0.2, 0.25) is 5.91 Å². The largest absolute Gasteiger partial charge is 0.492 e. The van der Waals surface area contributed by atoms with E-state index in [-0.39, 0.29) is 13.3 Å². The molecule has 2 aromatic carbocycles. The van der Waals surface area contributed by atoms with E-state index in [0.29, 0.717) is 6.61 Å². The number of amides is 1. The van der Waals surface area contributed by atoms with E-state index in [1.165, 1.54) is 5.57 Å². The van der Waals surface area contributed by atoms with Gasteiger partial charge in [-0.1, -0.05) is 50.3 Å². The topological polar surface area (TPSA) is 41.6 Å². The van der Waals surface area contributed by atoms with Crippen LogP contribution in [0.4, 0.5) is 5.69 Å². The Bertz CT molecular complexity index is 860. The molecule has 1 aliphatic heterocycles. The number of hydrogen-bond donors (Lipinski definition) is 1. The fourth-order valence-electron chi connectivity index (χ4n) is 3.93. The first kappa shape index (κ1) is 22.1. The van der Waals surface area contributed by atoms with Crippen LogP contribution in [-0.4, -0.2) is 32.7 Å². The molecule has 1 heterocycles. The van der Waals surface area contributed by atoms with Gasteiger partial charge in [0, 0.05) is 32.2 Å². The van der Waals surface area contributed by atoms with Crippen LogP contribution in [0.3, 0.4) is 0 Å². The predicted octanol–water partition coefficient (Wildman–Crippen LogP) is 5.53. The number of fused-ring (bicyclic) bond motifs is 1. The van der Waals surface area contributed by atoms with E-state index in [2.05, 4.69) is 49.5 Å². The van der Waals surface area contributed by atoms with Gasteiger partial charge in [0.1, 0.15) is 12.4 Å². The minimum absolute atomic E-state index is 0. The molecule has 0 saturated heterocycles. The SMILES string of the molecule is CCC(CC)C(=O)N(C)c1ccc(/C2=C/CCCNCCOc3ccccc32)cc1.[HH]. The van der Waals surface area contributed by atoms with Crippen molar-refractivity contribution in [3.8, 4) is 5.75 Å². The summed E-state index contributed by atoms with van der Waals surface area (Å²) in [6.45, 7) is 6.66. The fraction of sp³-hybridized carbons (Fsp3) is 0.423. The van der Waals surface area contributed by atoms with Crippen LogP contribution < -0.4 is 15.0 Å². The second-order valence-corrected chi connectivity index (χ2v) is 7.81. The van der Waals surface area contributed by atoms with Crippen LogP contribution in [-0.2, 0) is 4.79 Å². The molecule has 1 amide bonds. The number of benzene rings is 2. The zero-order valence-electron chi connectivity index (χ0n) is 18.5. The normalized spacial score (nSPS) is 16.6. The minimum atomic E-state index is 0. The Morgan fingerprint density at radius 3 is 2.57 bits per heavy atom. The maximum Gasteiger partial charge on any atom is 0.229 e. The number of carbonyl (C=O) groups is 1. The molecule has 0 atom stereocenters. The molecule has 2 aromatic rings. The second kappa shape index (κ2) is 11.0. The van der Waals surface area contributed by atoms with Crippen LogP contribution in [0, 0.1) is 5.92 Å². The molecule has 1 N–H and O–H groups in total. The van der Waals surface area contributed by atoms with E-state index in [4.69, 9.17) is 4.74 Å². The van der Waals surface area contributed by atoms with Crippen LogP contribution in [0.5, 0.6) is 5.75 Å². The summed E-state index contributed by atoms with van der Waals surface area (Å²) in [7, 11) is 1.87. The van der Waals surface area contributed by atoms with Crippen molar-refractivity contribution in [3.05, 3.63) is 65.7 Å². The number of carbonyl (C=O) groups excluding carboxylic acids is 1. The Balaban J connectivity index is 0.00000341. The molecule has 1 aliphatic rings. The Labute approximate surface area is 182 Å². The van der Waals surface area contributed by atoms with Crippen LogP contribution in [0.1, 0.15) is 52.1 Å². The highest BCUT2D eigenvalue weighted by Crippen LogP contribution is 2.33. The maximum absolute atomic E-state index is 12.7. The number of anilines is 1. The number of nitrogens with zero attached hydrogens (tertiary/aromatic N) is 1. The van der Waals surface area contributed by atoms with Crippen LogP contribution in [0.15, 0.2) is 54.6 Å². The van der Waals surface area contributed by atoms with Crippen LogP contribution in [0.2, 0.25) is 0 Å². The summed E-state index contributed by atoms with van der Waals surface area (Å²) < 4.78 is 6.06. The summed E-state index contributed by atoms with van der Waals surface area (Å²) in [5.74, 6) is 1.18. The molecule has 162 valence electrons. The van der Waals surface area contributed by atoms with E-state index < -0.39 is 0 Å². The van der Waals surface area contributed by atoms with Gasteiger partial charge in [0.05, 0.1) is 0 Å². The van der Waals surface area contributed by atoms with Crippen LogP contribution in [0.25, 0.3) is 5.57 Å². The van der Waals surface area contributed by atoms with E-state index in [1.54, 1.807) is 4.90 Å². The molecule has 4 nitrogen and oxygen atoms in total. The number of allylic oxidation sites excluding steroid dienone is 1. The summed E-state index contributed by atoms with van der Waals surface area (Å²) in [4.78, 5) is 14.5. The first-order valence-corrected chi connectivity index (χ1v) is 11.2. The zero-order chi connectivity index (χ0) is 21.3. The maximum atomic E-state index is 12.7. The lowest BCUT2D eigenvalue weighted by molar-refractivity contribution is -0.122. The highest BCUT2D eigenvalue weighted by atomic mass is 16.5. The van der Waals surface area contributed by atoms with Gasteiger partial charge in [0.15, 0.2) is 0 Å². The third kappa shape index (κ3) is 5.31. The van der Waals surface area contributed by atoms with Gasteiger partial charge in [-0.2, -0.15) is 0 Å². The van der Waals surface area contributed by atoms with Crippen molar-refractivity contribution < 1.29 is 11.0 Å². The molecule has 0 spiro atoms. The predicted molar refractivity (Wildman–Crippen MR) is 127 cm³/mol. The van der Waals surface area contributed by atoms with Crippen molar-refractivity contribution in [1.29, 1.82) is 0 Å². The molecule has 0 unspecified atom stereocenters. The molecule has 0 radical (unpaired) electrons. The summed E-state index contributed by atoms with van der Waals surface area (Å²) >= 11 is 0. The number of rotatable bonds is 5. The molecular formula is C26H36N2O2. The number of hydrogen-bond acceptors (Lipinski definition) is 3. The molecule has 4 heteroatoms. The van der Waals surface area contributed by atoms with Crippen molar-refractivity contribution in [2.75, 3.05) is 31.6 Å². The highest BCUT2D eigenvalue weighted by molar-refractivity contribution is 5.94. The molecule has 3 rings (SSSR count). The van der Waals surface area contributed by atoms with Crippen molar-refractivity contribution >= 4 is 17.2 Å². The lowest BCUT2D eigenvalue weighted by Crippen LogP contribution is -2.32. The summed E-state index contributed by atoms with van der Waals surface area (Å²) in [6.07, 6.45) is 6.15. The van der Waals surface area contributed by atoms with Crippen molar-refractivity contribution in [1.82, 2.24) is 5.32 Å². The molecule has 0 bridgehead atoms. The molecule has 0 fully saturated rings. The highest BCUT2D eigenvalue weighted by Gasteiger charge is 2.20. The van der Waals surface area contributed by atoms with E-state index in [9.17, 15) is 4.79 Å². The van der Waals surface area contributed by atoms with Gasteiger partial charge in [-0.25, -0.2) is 0 Å². The van der Waals surface area contributed by atoms with Gasteiger partial charge in [0.25, 0.3) is 0 Å².